The molecule has 0 saturated carbocycles. The van der Waals surface area contributed by atoms with Gasteiger partial charge in [0.15, 0.2) is 0 Å². The van der Waals surface area contributed by atoms with E-state index >= 15 is 0 Å². The fourth-order valence-electron chi connectivity index (χ4n) is 2.65. The molecule has 0 spiro atoms. The zero-order chi connectivity index (χ0) is 15.9. The summed E-state index contributed by atoms with van der Waals surface area (Å²) in [7, 11) is 0. The minimum absolute atomic E-state index is 0.123. The zero-order valence-electron chi connectivity index (χ0n) is 13.7. The maximum atomic E-state index is 12.0. The van der Waals surface area contributed by atoms with E-state index in [1.165, 1.54) is 19.3 Å². The van der Waals surface area contributed by atoms with Gasteiger partial charge in [-0.25, -0.2) is 4.79 Å². The molecule has 1 aliphatic heterocycles. The van der Waals surface area contributed by atoms with Gasteiger partial charge in [-0.05, 0) is 25.7 Å². The van der Waals surface area contributed by atoms with Crippen molar-refractivity contribution in [2.24, 2.45) is 11.3 Å². The third-order valence-electron chi connectivity index (χ3n) is 4.26. The normalized spacial score (nSPS) is 21.8. The third kappa shape index (κ3) is 5.94. The van der Waals surface area contributed by atoms with E-state index in [1.807, 2.05) is 0 Å². The van der Waals surface area contributed by atoms with E-state index in [1.54, 1.807) is 11.8 Å². The summed E-state index contributed by atoms with van der Waals surface area (Å²) in [6.45, 7) is 7.70. The lowest BCUT2D eigenvalue weighted by Crippen LogP contribution is -2.41. The highest BCUT2D eigenvalue weighted by atomic mass is 16.4. The van der Waals surface area contributed by atoms with Gasteiger partial charge in [0.25, 0.3) is 0 Å². The van der Waals surface area contributed by atoms with Gasteiger partial charge >= 0.3 is 12.0 Å². The summed E-state index contributed by atoms with van der Waals surface area (Å²) in [5, 5.41) is 12.0. The van der Waals surface area contributed by atoms with E-state index in [-0.39, 0.29) is 6.03 Å². The van der Waals surface area contributed by atoms with Crippen LogP contribution in [0.2, 0.25) is 0 Å². The van der Waals surface area contributed by atoms with Crippen molar-refractivity contribution >= 4 is 12.0 Å². The number of rotatable bonds is 8. The SMILES string of the molecule is CC(C)CCCCCCNC(=O)N1CCC(C)(C(=O)O)C1. The van der Waals surface area contributed by atoms with Gasteiger partial charge in [0.1, 0.15) is 0 Å². The van der Waals surface area contributed by atoms with Crippen molar-refractivity contribution in [3.63, 3.8) is 0 Å². The molecule has 0 bridgehead atoms. The number of unbranched alkanes of at least 4 members (excludes halogenated alkanes) is 3. The summed E-state index contributed by atoms with van der Waals surface area (Å²) in [6.07, 6.45) is 6.41. The molecular formula is C16H30N2O3. The molecule has 122 valence electrons. The molecule has 5 nitrogen and oxygen atoms in total. The Kier molecular flexibility index (Phi) is 6.99. The quantitative estimate of drug-likeness (QED) is 0.676. The number of likely N-dealkylation sites (tertiary alicyclic amines) is 1. The second-order valence-electron chi connectivity index (χ2n) is 6.87. The van der Waals surface area contributed by atoms with Crippen LogP contribution in [-0.2, 0) is 4.79 Å². The second kappa shape index (κ2) is 8.25. The van der Waals surface area contributed by atoms with Crippen LogP contribution in [-0.4, -0.2) is 41.6 Å². The maximum absolute atomic E-state index is 12.0. The number of nitrogens with one attached hydrogen (secondary N) is 1. The lowest BCUT2D eigenvalue weighted by atomic mass is 9.90. The molecule has 5 heteroatoms. The Hall–Kier alpha value is -1.26. The van der Waals surface area contributed by atoms with Crippen LogP contribution in [0.3, 0.4) is 0 Å². The second-order valence-corrected chi connectivity index (χ2v) is 6.87. The predicted octanol–water partition coefficient (Wildman–Crippen LogP) is 3.10. The summed E-state index contributed by atoms with van der Waals surface area (Å²) < 4.78 is 0. The molecule has 0 aromatic rings. The highest BCUT2D eigenvalue weighted by Gasteiger charge is 2.42. The molecule has 1 fully saturated rings. The molecule has 0 radical (unpaired) electrons. The van der Waals surface area contributed by atoms with Crippen LogP contribution >= 0.6 is 0 Å². The molecule has 1 unspecified atom stereocenters. The van der Waals surface area contributed by atoms with Crippen LogP contribution in [0.5, 0.6) is 0 Å². The van der Waals surface area contributed by atoms with Crippen LogP contribution < -0.4 is 5.32 Å². The Labute approximate surface area is 128 Å². The summed E-state index contributed by atoms with van der Waals surface area (Å²) in [5.74, 6) is -0.0497. The van der Waals surface area contributed by atoms with Crippen molar-refractivity contribution in [3.8, 4) is 0 Å². The molecule has 1 atom stereocenters. The number of amides is 2. The average Bonchev–Trinajstić information content (AvgIpc) is 2.81. The maximum Gasteiger partial charge on any atom is 0.317 e. The van der Waals surface area contributed by atoms with Crippen LogP contribution in [0.25, 0.3) is 0 Å². The van der Waals surface area contributed by atoms with Gasteiger partial charge in [0.05, 0.1) is 5.41 Å². The number of hydrogen-bond donors (Lipinski definition) is 2. The minimum atomic E-state index is -0.817. The lowest BCUT2D eigenvalue weighted by molar-refractivity contribution is -0.146. The number of carbonyl (C=O) groups is 2. The van der Waals surface area contributed by atoms with Gasteiger partial charge in [-0.2, -0.15) is 0 Å². The molecule has 21 heavy (non-hydrogen) atoms. The molecule has 1 rings (SSSR count). The molecule has 2 amide bonds. The summed E-state index contributed by atoms with van der Waals surface area (Å²) in [6, 6.07) is -0.123. The van der Waals surface area contributed by atoms with Crippen molar-refractivity contribution in [1.82, 2.24) is 10.2 Å². The van der Waals surface area contributed by atoms with Gasteiger partial charge < -0.3 is 15.3 Å². The van der Waals surface area contributed by atoms with Crippen molar-refractivity contribution in [1.29, 1.82) is 0 Å². The zero-order valence-corrected chi connectivity index (χ0v) is 13.7. The first-order valence-electron chi connectivity index (χ1n) is 8.11. The Morgan fingerprint density at radius 1 is 1.24 bits per heavy atom. The minimum Gasteiger partial charge on any atom is -0.481 e. The largest absolute Gasteiger partial charge is 0.481 e. The summed E-state index contributed by atoms with van der Waals surface area (Å²) in [4.78, 5) is 24.7. The Balaban J connectivity index is 2.11. The van der Waals surface area contributed by atoms with Crippen molar-refractivity contribution < 1.29 is 14.7 Å². The number of carboxylic acids is 1. The van der Waals surface area contributed by atoms with E-state index in [9.17, 15) is 9.59 Å². The van der Waals surface area contributed by atoms with Crippen molar-refractivity contribution in [3.05, 3.63) is 0 Å². The first-order chi connectivity index (χ1) is 9.85. The fraction of sp³-hybridized carbons (Fsp3) is 0.875. The Bertz CT molecular complexity index is 357. The van der Waals surface area contributed by atoms with Crippen LogP contribution in [0, 0.1) is 11.3 Å². The van der Waals surface area contributed by atoms with E-state index in [2.05, 4.69) is 19.2 Å². The Morgan fingerprint density at radius 2 is 1.90 bits per heavy atom. The number of nitrogens with zero attached hydrogens (tertiary/aromatic N) is 1. The van der Waals surface area contributed by atoms with Crippen LogP contribution in [0.1, 0.15) is 59.3 Å². The monoisotopic (exact) mass is 298 g/mol. The van der Waals surface area contributed by atoms with Crippen molar-refractivity contribution in [2.45, 2.75) is 59.3 Å². The van der Waals surface area contributed by atoms with E-state index < -0.39 is 11.4 Å². The Morgan fingerprint density at radius 3 is 2.48 bits per heavy atom. The molecule has 0 aromatic carbocycles. The van der Waals surface area contributed by atoms with Gasteiger partial charge in [-0.15, -0.1) is 0 Å². The first-order valence-corrected chi connectivity index (χ1v) is 8.11. The molecule has 1 saturated heterocycles. The van der Waals surface area contributed by atoms with E-state index in [4.69, 9.17) is 5.11 Å². The molecular weight excluding hydrogens is 268 g/mol. The van der Waals surface area contributed by atoms with Crippen LogP contribution in [0.15, 0.2) is 0 Å². The number of carboxylic acid groups (broad SMARTS) is 1. The average molecular weight is 298 g/mol. The standard InChI is InChI=1S/C16H30N2O3/c1-13(2)8-6-4-5-7-10-17-15(21)18-11-9-16(3,12-18)14(19)20/h13H,4-12H2,1-3H3,(H,17,21)(H,19,20). The van der Waals surface area contributed by atoms with Crippen molar-refractivity contribution in [2.75, 3.05) is 19.6 Å². The number of carbonyl (C=O) groups excluding carboxylic acids is 1. The third-order valence-corrected chi connectivity index (χ3v) is 4.26. The van der Waals surface area contributed by atoms with E-state index in [0.717, 1.165) is 18.8 Å². The molecule has 1 aliphatic rings. The number of urea groups is 1. The lowest BCUT2D eigenvalue weighted by Gasteiger charge is -2.20. The van der Waals surface area contributed by atoms with Gasteiger partial charge in [-0.1, -0.05) is 39.5 Å². The van der Waals surface area contributed by atoms with Gasteiger partial charge in [0.2, 0.25) is 0 Å². The van der Waals surface area contributed by atoms with E-state index in [0.29, 0.717) is 26.1 Å². The first kappa shape index (κ1) is 17.8. The van der Waals surface area contributed by atoms with Crippen LogP contribution in [0.4, 0.5) is 4.79 Å². The summed E-state index contributed by atoms with van der Waals surface area (Å²) >= 11 is 0. The number of aliphatic carboxylic acids is 1. The highest BCUT2D eigenvalue weighted by Crippen LogP contribution is 2.29. The topological polar surface area (TPSA) is 69.6 Å². The summed E-state index contributed by atoms with van der Waals surface area (Å²) in [5.41, 5.74) is -0.784. The molecule has 0 aromatic heterocycles. The highest BCUT2D eigenvalue weighted by molar-refractivity contribution is 5.79. The number of hydrogen-bond acceptors (Lipinski definition) is 2. The smallest absolute Gasteiger partial charge is 0.317 e. The van der Waals surface area contributed by atoms with Gasteiger partial charge in [-0.3, -0.25) is 4.79 Å². The predicted molar refractivity (Wildman–Crippen MR) is 83.3 cm³/mol. The molecule has 1 heterocycles. The van der Waals surface area contributed by atoms with Gasteiger partial charge in [0, 0.05) is 19.6 Å². The fourth-order valence-corrected chi connectivity index (χ4v) is 2.65. The molecule has 0 aliphatic carbocycles. The molecule has 2 N–H and O–H groups in total.